The number of carbonyl (C=O) groups is 1. The number of unbranched alkanes of at least 4 members (excludes halogenated alkanes) is 1. The van der Waals surface area contributed by atoms with E-state index in [1.807, 2.05) is 0 Å². The van der Waals surface area contributed by atoms with E-state index in [1.165, 1.54) is 38.2 Å². The molecular formula is C27H40O3. The van der Waals surface area contributed by atoms with Gasteiger partial charge in [-0.2, -0.15) is 0 Å². The second-order valence-electron chi connectivity index (χ2n) is 10.7. The Morgan fingerprint density at radius 3 is 2.63 bits per heavy atom. The minimum atomic E-state index is -0.141. The van der Waals surface area contributed by atoms with Crippen LogP contribution in [0.1, 0.15) is 85.5 Å². The van der Waals surface area contributed by atoms with Crippen LogP contribution < -0.4 is 0 Å². The van der Waals surface area contributed by atoms with Crippen molar-refractivity contribution in [2.24, 2.45) is 28.6 Å². The number of hydrogen-bond acceptors (Lipinski definition) is 3. The predicted molar refractivity (Wildman–Crippen MR) is 121 cm³/mol. The lowest BCUT2D eigenvalue weighted by atomic mass is 9.47. The number of rotatable bonds is 6. The first-order valence-corrected chi connectivity index (χ1v) is 12.2. The van der Waals surface area contributed by atoms with E-state index in [4.69, 9.17) is 9.47 Å². The van der Waals surface area contributed by atoms with E-state index in [-0.39, 0.29) is 22.9 Å². The lowest BCUT2D eigenvalue weighted by Gasteiger charge is -2.57. The molecule has 0 spiro atoms. The van der Waals surface area contributed by atoms with Gasteiger partial charge in [0.1, 0.15) is 11.9 Å². The number of hydrogen-bond donors (Lipinski definition) is 0. The first-order chi connectivity index (χ1) is 14.3. The SMILES string of the molecule is C=C(OCCCC)C1=CC[C@H]2[C@@H]3CC=C4C[C@@H](OC(C)=O)CC[C@]4(C)[C@H]3CC[C@]12C. The molecule has 0 saturated heterocycles. The van der Waals surface area contributed by atoms with E-state index >= 15 is 0 Å². The van der Waals surface area contributed by atoms with Crippen molar-refractivity contribution in [2.45, 2.75) is 91.6 Å². The van der Waals surface area contributed by atoms with Crippen LogP contribution in [0.4, 0.5) is 0 Å². The van der Waals surface area contributed by atoms with Gasteiger partial charge in [-0.05, 0) is 79.1 Å². The Labute approximate surface area is 183 Å². The van der Waals surface area contributed by atoms with Crippen molar-refractivity contribution in [3.63, 3.8) is 0 Å². The van der Waals surface area contributed by atoms with Crippen molar-refractivity contribution < 1.29 is 14.3 Å². The third-order valence-corrected chi connectivity index (χ3v) is 9.05. The van der Waals surface area contributed by atoms with Crippen molar-refractivity contribution >= 4 is 5.97 Å². The van der Waals surface area contributed by atoms with Crippen molar-refractivity contribution in [1.29, 1.82) is 0 Å². The van der Waals surface area contributed by atoms with Gasteiger partial charge in [-0.1, -0.05) is 51.5 Å². The summed E-state index contributed by atoms with van der Waals surface area (Å²) in [4.78, 5) is 11.4. The van der Waals surface area contributed by atoms with Gasteiger partial charge < -0.3 is 9.47 Å². The summed E-state index contributed by atoms with van der Waals surface area (Å²) in [6.45, 7) is 13.8. The standard InChI is InChI=1S/C27H40O3/c1-6-7-16-29-18(2)23-10-11-24-22-9-8-20-17-21(30-19(3)28)12-14-26(20,4)25(22)13-15-27(23,24)5/h8,10,21-22,24-25H,2,6-7,9,11-17H2,1,3-5H3/t21-,22-,24-,25-,26-,27+/m0/s1. The Balaban J connectivity index is 1.50. The van der Waals surface area contributed by atoms with Gasteiger partial charge in [0.2, 0.25) is 0 Å². The summed E-state index contributed by atoms with van der Waals surface area (Å²) in [5.41, 5.74) is 3.43. The summed E-state index contributed by atoms with van der Waals surface area (Å²) in [6, 6.07) is 0. The fraction of sp³-hybridized carbons (Fsp3) is 0.741. The Hall–Kier alpha value is -1.51. The molecule has 4 rings (SSSR count). The molecule has 30 heavy (non-hydrogen) atoms. The summed E-state index contributed by atoms with van der Waals surface area (Å²) in [5.74, 6) is 2.96. The Kier molecular flexibility index (Phi) is 5.94. The second kappa shape index (κ2) is 8.20. The highest BCUT2D eigenvalue weighted by molar-refractivity contribution is 5.66. The molecule has 2 fully saturated rings. The number of carbonyl (C=O) groups excluding carboxylic acids is 1. The molecule has 6 atom stereocenters. The predicted octanol–water partition coefficient (Wildman–Crippen LogP) is 6.75. The molecule has 0 aromatic rings. The molecule has 166 valence electrons. The van der Waals surface area contributed by atoms with Crippen LogP contribution >= 0.6 is 0 Å². The molecule has 0 amide bonds. The minimum absolute atomic E-state index is 0.0792. The highest BCUT2D eigenvalue weighted by Gasteiger charge is 2.57. The third-order valence-electron chi connectivity index (χ3n) is 9.05. The number of allylic oxidation sites excluding steroid dienone is 3. The summed E-state index contributed by atoms with van der Waals surface area (Å²) in [7, 11) is 0. The molecule has 0 radical (unpaired) electrons. The highest BCUT2D eigenvalue weighted by Crippen LogP contribution is 2.65. The molecule has 4 aliphatic rings. The first-order valence-electron chi connectivity index (χ1n) is 12.2. The van der Waals surface area contributed by atoms with E-state index in [9.17, 15) is 4.79 Å². The average molecular weight is 413 g/mol. The van der Waals surface area contributed by atoms with E-state index in [0.29, 0.717) is 5.92 Å². The molecule has 0 heterocycles. The van der Waals surface area contributed by atoms with E-state index in [2.05, 4.69) is 39.5 Å². The molecular weight excluding hydrogens is 372 g/mol. The zero-order valence-electron chi connectivity index (χ0n) is 19.5. The lowest BCUT2D eigenvalue weighted by Crippen LogP contribution is -2.50. The summed E-state index contributed by atoms with van der Waals surface area (Å²) in [5, 5.41) is 0. The van der Waals surface area contributed by atoms with Crippen molar-refractivity contribution in [2.75, 3.05) is 6.61 Å². The molecule has 0 unspecified atom stereocenters. The quantitative estimate of drug-likeness (QED) is 0.209. The molecule has 0 aliphatic heterocycles. The van der Waals surface area contributed by atoms with E-state index < -0.39 is 0 Å². The van der Waals surface area contributed by atoms with Crippen LogP contribution in [0.3, 0.4) is 0 Å². The number of esters is 1. The van der Waals surface area contributed by atoms with Crippen molar-refractivity contribution in [3.05, 3.63) is 35.6 Å². The summed E-state index contributed by atoms with van der Waals surface area (Å²) >= 11 is 0. The van der Waals surface area contributed by atoms with Crippen LogP contribution in [0, 0.1) is 28.6 Å². The Morgan fingerprint density at radius 2 is 1.90 bits per heavy atom. The molecule has 0 N–H and O–H groups in total. The molecule has 2 saturated carbocycles. The number of ether oxygens (including phenoxy) is 2. The molecule has 0 bridgehead atoms. The molecule has 0 aromatic carbocycles. The van der Waals surface area contributed by atoms with Gasteiger partial charge in [0.25, 0.3) is 0 Å². The maximum atomic E-state index is 11.4. The van der Waals surface area contributed by atoms with Gasteiger partial charge in [-0.15, -0.1) is 0 Å². The topological polar surface area (TPSA) is 35.5 Å². The van der Waals surface area contributed by atoms with Crippen LogP contribution in [0.2, 0.25) is 0 Å². The fourth-order valence-corrected chi connectivity index (χ4v) is 7.38. The zero-order chi connectivity index (χ0) is 21.5. The highest BCUT2D eigenvalue weighted by atomic mass is 16.5. The van der Waals surface area contributed by atoms with Gasteiger partial charge in [0.05, 0.1) is 6.61 Å². The third kappa shape index (κ3) is 3.56. The van der Waals surface area contributed by atoms with E-state index in [0.717, 1.165) is 56.3 Å². The van der Waals surface area contributed by atoms with Crippen LogP contribution in [0.15, 0.2) is 35.6 Å². The minimum Gasteiger partial charge on any atom is -0.494 e. The van der Waals surface area contributed by atoms with E-state index in [1.54, 1.807) is 5.57 Å². The van der Waals surface area contributed by atoms with Crippen molar-refractivity contribution in [1.82, 2.24) is 0 Å². The molecule has 4 aliphatic carbocycles. The normalized spacial score (nSPS) is 39.7. The van der Waals surface area contributed by atoms with Gasteiger partial charge in [-0.3, -0.25) is 4.79 Å². The van der Waals surface area contributed by atoms with Gasteiger partial charge >= 0.3 is 5.97 Å². The average Bonchev–Trinajstić information content (AvgIpc) is 3.05. The summed E-state index contributed by atoms with van der Waals surface area (Å²) in [6.07, 6.45) is 15.2. The van der Waals surface area contributed by atoms with Crippen LogP contribution in [0.25, 0.3) is 0 Å². The van der Waals surface area contributed by atoms with Gasteiger partial charge in [-0.25, -0.2) is 0 Å². The first kappa shape index (κ1) is 21.7. The molecule has 0 aromatic heterocycles. The monoisotopic (exact) mass is 412 g/mol. The molecule has 3 nitrogen and oxygen atoms in total. The molecule has 3 heteroatoms. The second-order valence-corrected chi connectivity index (χ2v) is 10.7. The van der Waals surface area contributed by atoms with Gasteiger partial charge in [0.15, 0.2) is 0 Å². The van der Waals surface area contributed by atoms with Crippen LogP contribution in [0.5, 0.6) is 0 Å². The largest absolute Gasteiger partial charge is 0.494 e. The maximum Gasteiger partial charge on any atom is 0.302 e. The zero-order valence-corrected chi connectivity index (χ0v) is 19.5. The fourth-order valence-electron chi connectivity index (χ4n) is 7.38. The van der Waals surface area contributed by atoms with Crippen molar-refractivity contribution in [3.8, 4) is 0 Å². The lowest BCUT2D eigenvalue weighted by molar-refractivity contribution is -0.148. The smallest absolute Gasteiger partial charge is 0.302 e. The van der Waals surface area contributed by atoms with Crippen LogP contribution in [-0.2, 0) is 14.3 Å². The van der Waals surface area contributed by atoms with Gasteiger partial charge in [0, 0.05) is 13.3 Å². The summed E-state index contributed by atoms with van der Waals surface area (Å²) < 4.78 is 11.6. The number of fused-ring (bicyclic) bond motifs is 5. The Morgan fingerprint density at radius 1 is 1.13 bits per heavy atom. The Bertz CT molecular complexity index is 762. The maximum absolute atomic E-state index is 11.4. The van der Waals surface area contributed by atoms with Crippen LogP contribution in [-0.4, -0.2) is 18.7 Å².